The Morgan fingerprint density at radius 3 is 1.95 bits per heavy atom. The van der Waals surface area contributed by atoms with Gasteiger partial charge in [-0.1, -0.05) is 48.4 Å². The van der Waals surface area contributed by atoms with Gasteiger partial charge in [-0.25, -0.2) is 0 Å². The predicted molar refractivity (Wildman–Crippen MR) is 78.9 cm³/mol. The summed E-state index contributed by atoms with van der Waals surface area (Å²) in [6.07, 6.45) is 5.61. The minimum Gasteiger partial charge on any atom is -0.369 e. The monoisotopic (exact) mass is 250 g/mol. The molecular formula is C18H18O. The number of rotatable bonds is 2. The van der Waals surface area contributed by atoms with Crippen molar-refractivity contribution in [3.63, 3.8) is 0 Å². The third kappa shape index (κ3) is 2.28. The molecule has 1 unspecified atom stereocenters. The Labute approximate surface area is 114 Å². The molecule has 0 aliphatic heterocycles. The van der Waals surface area contributed by atoms with Gasteiger partial charge in [-0.2, -0.15) is 0 Å². The van der Waals surface area contributed by atoms with Crippen LogP contribution >= 0.6 is 0 Å². The van der Waals surface area contributed by atoms with Crippen LogP contribution in [0.1, 0.15) is 27.8 Å². The SMILES string of the molecule is C#CC(O)(c1ccccc1)c1cc(C)c(C)c(C)c1. The highest BCUT2D eigenvalue weighted by Gasteiger charge is 2.29. The van der Waals surface area contributed by atoms with E-state index in [4.69, 9.17) is 6.42 Å². The van der Waals surface area contributed by atoms with Crippen molar-refractivity contribution in [2.24, 2.45) is 0 Å². The van der Waals surface area contributed by atoms with Crippen LogP contribution in [0.15, 0.2) is 42.5 Å². The van der Waals surface area contributed by atoms with Crippen molar-refractivity contribution in [1.82, 2.24) is 0 Å². The van der Waals surface area contributed by atoms with E-state index in [1.165, 1.54) is 5.56 Å². The standard InChI is InChI=1S/C18H18O/c1-5-18(19,16-9-7-6-8-10-16)17-11-13(2)15(4)14(3)12-17/h1,6-12,19H,2-4H3. The van der Waals surface area contributed by atoms with Gasteiger partial charge in [0.15, 0.2) is 5.60 Å². The van der Waals surface area contributed by atoms with E-state index in [9.17, 15) is 5.11 Å². The molecule has 0 heterocycles. The molecule has 1 N–H and O–H groups in total. The van der Waals surface area contributed by atoms with Crippen molar-refractivity contribution in [2.75, 3.05) is 0 Å². The van der Waals surface area contributed by atoms with Gasteiger partial charge in [0.1, 0.15) is 0 Å². The van der Waals surface area contributed by atoms with E-state index in [-0.39, 0.29) is 0 Å². The fraction of sp³-hybridized carbons (Fsp3) is 0.222. The Morgan fingerprint density at radius 2 is 1.47 bits per heavy atom. The molecule has 2 aromatic rings. The third-order valence-corrected chi connectivity index (χ3v) is 3.75. The van der Waals surface area contributed by atoms with Gasteiger partial charge in [0.05, 0.1) is 0 Å². The van der Waals surface area contributed by atoms with Crippen molar-refractivity contribution in [3.05, 3.63) is 70.3 Å². The quantitative estimate of drug-likeness (QED) is 0.809. The maximum absolute atomic E-state index is 10.9. The lowest BCUT2D eigenvalue weighted by Crippen LogP contribution is -2.25. The molecule has 1 atom stereocenters. The fourth-order valence-electron chi connectivity index (χ4n) is 2.26. The van der Waals surface area contributed by atoms with Crippen LogP contribution in [-0.4, -0.2) is 5.11 Å². The van der Waals surface area contributed by atoms with E-state index < -0.39 is 5.60 Å². The van der Waals surface area contributed by atoms with E-state index in [2.05, 4.69) is 12.8 Å². The summed E-state index contributed by atoms with van der Waals surface area (Å²) in [6.45, 7) is 6.15. The lowest BCUT2D eigenvalue weighted by atomic mass is 9.84. The summed E-state index contributed by atoms with van der Waals surface area (Å²) in [4.78, 5) is 0. The first-order valence-corrected chi connectivity index (χ1v) is 6.33. The van der Waals surface area contributed by atoms with Crippen LogP contribution in [0, 0.1) is 33.1 Å². The van der Waals surface area contributed by atoms with Crippen molar-refractivity contribution in [3.8, 4) is 12.3 Å². The number of hydrogen-bond donors (Lipinski definition) is 1. The lowest BCUT2D eigenvalue weighted by Gasteiger charge is -2.25. The zero-order valence-electron chi connectivity index (χ0n) is 11.6. The van der Waals surface area contributed by atoms with Crippen LogP contribution in [0.5, 0.6) is 0 Å². The summed E-state index contributed by atoms with van der Waals surface area (Å²) >= 11 is 0. The van der Waals surface area contributed by atoms with E-state index in [1.54, 1.807) is 0 Å². The van der Waals surface area contributed by atoms with Gasteiger partial charge in [-0.15, -0.1) is 6.42 Å². The van der Waals surface area contributed by atoms with Crippen LogP contribution in [-0.2, 0) is 5.60 Å². The van der Waals surface area contributed by atoms with Crippen molar-refractivity contribution in [1.29, 1.82) is 0 Å². The second-order valence-corrected chi connectivity index (χ2v) is 4.96. The van der Waals surface area contributed by atoms with Crippen molar-refractivity contribution in [2.45, 2.75) is 26.4 Å². The summed E-state index contributed by atoms with van der Waals surface area (Å²) < 4.78 is 0. The summed E-state index contributed by atoms with van der Waals surface area (Å²) in [5.41, 5.74) is 3.61. The first-order valence-electron chi connectivity index (χ1n) is 6.33. The van der Waals surface area contributed by atoms with E-state index in [0.717, 1.165) is 22.3 Å². The van der Waals surface area contributed by atoms with E-state index in [1.807, 2.05) is 56.3 Å². The molecule has 2 rings (SSSR count). The normalized spacial score (nSPS) is 13.6. The topological polar surface area (TPSA) is 20.2 Å². The number of aliphatic hydroxyl groups is 1. The second kappa shape index (κ2) is 4.91. The van der Waals surface area contributed by atoms with Crippen LogP contribution in [0.3, 0.4) is 0 Å². The Kier molecular flexibility index (Phi) is 3.46. The van der Waals surface area contributed by atoms with Crippen LogP contribution in [0.25, 0.3) is 0 Å². The Balaban J connectivity index is 2.64. The number of hydrogen-bond acceptors (Lipinski definition) is 1. The minimum atomic E-state index is -1.37. The first-order chi connectivity index (χ1) is 8.99. The molecule has 0 fully saturated rings. The van der Waals surface area contributed by atoms with Crippen LogP contribution in [0.2, 0.25) is 0 Å². The van der Waals surface area contributed by atoms with Gasteiger partial charge in [-0.3, -0.25) is 0 Å². The van der Waals surface area contributed by atoms with Gasteiger partial charge in [0, 0.05) is 11.1 Å². The second-order valence-electron chi connectivity index (χ2n) is 4.96. The number of aryl methyl sites for hydroxylation is 2. The molecule has 96 valence electrons. The third-order valence-electron chi connectivity index (χ3n) is 3.75. The smallest absolute Gasteiger partial charge is 0.176 e. The highest BCUT2D eigenvalue weighted by atomic mass is 16.3. The Morgan fingerprint density at radius 1 is 0.947 bits per heavy atom. The number of terminal acetylenes is 1. The zero-order valence-corrected chi connectivity index (χ0v) is 11.6. The molecule has 0 bridgehead atoms. The summed E-state index contributed by atoms with van der Waals surface area (Å²) in [7, 11) is 0. The molecular weight excluding hydrogens is 232 g/mol. The minimum absolute atomic E-state index is 0.722. The summed E-state index contributed by atoms with van der Waals surface area (Å²) in [5, 5.41) is 10.9. The highest BCUT2D eigenvalue weighted by Crippen LogP contribution is 2.31. The summed E-state index contributed by atoms with van der Waals surface area (Å²) in [5.74, 6) is 2.54. The molecule has 1 nitrogen and oxygen atoms in total. The zero-order chi connectivity index (χ0) is 14.0. The molecule has 2 aromatic carbocycles. The van der Waals surface area contributed by atoms with Gasteiger partial charge < -0.3 is 5.11 Å². The fourth-order valence-corrected chi connectivity index (χ4v) is 2.26. The molecule has 19 heavy (non-hydrogen) atoms. The van der Waals surface area contributed by atoms with E-state index >= 15 is 0 Å². The first kappa shape index (κ1) is 13.4. The van der Waals surface area contributed by atoms with Crippen LogP contribution < -0.4 is 0 Å². The summed E-state index contributed by atoms with van der Waals surface area (Å²) in [6, 6.07) is 13.3. The van der Waals surface area contributed by atoms with E-state index in [0.29, 0.717) is 0 Å². The molecule has 0 amide bonds. The molecule has 0 aliphatic carbocycles. The molecule has 0 spiro atoms. The van der Waals surface area contributed by atoms with Gasteiger partial charge in [0.25, 0.3) is 0 Å². The Hall–Kier alpha value is -2.04. The molecule has 0 saturated heterocycles. The van der Waals surface area contributed by atoms with Crippen LogP contribution in [0.4, 0.5) is 0 Å². The lowest BCUT2D eigenvalue weighted by molar-refractivity contribution is 0.145. The average Bonchev–Trinajstić information content (AvgIpc) is 2.44. The molecule has 0 radical (unpaired) electrons. The molecule has 0 saturated carbocycles. The molecule has 0 aromatic heterocycles. The van der Waals surface area contributed by atoms with Gasteiger partial charge in [0.2, 0.25) is 0 Å². The van der Waals surface area contributed by atoms with Gasteiger partial charge >= 0.3 is 0 Å². The average molecular weight is 250 g/mol. The van der Waals surface area contributed by atoms with Gasteiger partial charge in [-0.05, 0) is 37.5 Å². The van der Waals surface area contributed by atoms with Crippen molar-refractivity contribution < 1.29 is 5.11 Å². The maximum atomic E-state index is 10.9. The van der Waals surface area contributed by atoms with Crippen molar-refractivity contribution >= 4 is 0 Å². The predicted octanol–water partition coefficient (Wildman–Crippen LogP) is 3.48. The number of benzene rings is 2. The maximum Gasteiger partial charge on any atom is 0.176 e. The largest absolute Gasteiger partial charge is 0.369 e. The highest BCUT2D eigenvalue weighted by molar-refractivity contribution is 5.48. The molecule has 0 aliphatic rings. The molecule has 1 heteroatoms. The Bertz CT molecular complexity index is 611.